The summed E-state index contributed by atoms with van der Waals surface area (Å²) < 4.78 is 0. The molecule has 0 aromatic heterocycles. The Labute approximate surface area is 154 Å². The molecule has 3 nitrogen and oxygen atoms in total. The summed E-state index contributed by atoms with van der Waals surface area (Å²) in [4.78, 5) is 2.44. The standard InChI is InChI=1S/C19H22ClN3S/c1-14(21-19(24)22-17-6-4-5-16(20)13-17)15-7-9-18(10-8-15)23-11-2-3-12-23/h4-10,13-14H,2-3,11-12H2,1H3,(H2,21,22,24). The SMILES string of the molecule is CC(NC(=S)Nc1cccc(Cl)c1)c1ccc(N2CCCC2)cc1. The van der Waals surface area contributed by atoms with Crippen LogP contribution in [0.4, 0.5) is 11.4 Å². The van der Waals surface area contributed by atoms with E-state index in [-0.39, 0.29) is 6.04 Å². The van der Waals surface area contributed by atoms with E-state index in [1.807, 2.05) is 24.3 Å². The normalized spacial score (nSPS) is 15.2. The Balaban J connectivity index is 1.57. The van der Waals surface area contributed by atoms with E-state index in [4.69, 9.17) is 23.8 Å². The van der Waals surface area contributed by atoms with E-state index >= 15 is 0 Å². The maximum Gasteiger partial charge on any atom is 0.171 e. The number of halogens is 1. The van der Waals surface area contributed by atoms with Crippen LogP contribution in [0.25, 0.3) is 0 Å². The van der Waals surface area contributed by atoms with Crippen molar-refractivity contribution in [2.45, 2.75) is 25.8 Å². The third-order valence-electron chi connectivity index (χ3n) is 4.29. The summed E-state index contributed by atoms with van der Waals surface area (Å²) >= 11 is 11.4. The van der Waals surface area contributed by atoms with Crippen molar-refractivity contribution < 1.29 is 0 Å². The average molecular weight is 360 g/mol. The molecule has 0 saturated carbocycles. The first-order chi connectivity index (χ1) is 11.6. The maximum absolute atomic E-state index is 5.99. The molecule has 0 amide bonds. The van der Waals surface area contributed by atoms with Crippen LogP contribution in [0.3, 0.4) is 0 Å². The summed E-state index contributed by atoms with van der Waals surface area (Å²) in [6.07, 6.45) is 2.59. The molecule has 0 radical (unpaired) electrons. The predicted octanol–water partition coefficient (Wildman–Crippen LogP) is 4.99. The highest BCUT2D eigenvalue weighted by Gasteiger charge is 2.13. The lowest BCUT2D eigenvalue weighted by atomic mass is 10.1. The van der Waals surface area contributed by atoms with Crippen LogP contribution in [0.5, 0.6) is 0 Å². The molecular formula is C19H22ClN3S. The molecule has 2 aromatic rings. The molecule has 1 unspecified atom stereocenters. The van der Waals surface area contributed by atoms with Crippen molar-refractivity contribution >= 4 is 40.3 Å². The van der Waals surface area contributed by atoms with Crippen LogP contribution in [0, 0.1) is 0 Å². The van der Waals surface area contributed by atoms with Crippen molar-refractivity contribution in [2.24, 2.45) is 0 Å². The minimum atomic E-state index is 0.136. The lowest BCUT2D eigenvalue weighted by molar-refractivity contribution is 0.722. The fourth-order valence-corrected chi connectivity index (χ4v) is 3.45. The molecular weight excluding hydrogens is 338 g/mol. The number of nitrogens with zero attached hydrogens (tertiary/aromatic N) is 1. The van der Waals surface area contributed by atoms with Gasteiger partial charge in [0.25, 0.3) is 0 Å². The molecule has 0 aliphatic carbocycles. The third-order valence-corrected chi connectivity index (χ3v) is 4.75. The van der Waals surface area contributed by atoms with Gasteiger partial charge in [-0.3, -0.25) is 0 Å². The minimum Gasteiger partial charge on any atom is -0.372 e. The number of nitrogens with one attached hydrogen (secondary N) is 2. The van der Waals surface area contributed by atoms with Crippen LogP contribution >= 0.6 is 23.8 Å². The summed E-state index contributed by atoms with van der Waals surface area (Å²) in [7, 11) is 0. The highest BCUT2D eigenvalue weighted by atomic mass is 35.5. The van der Waals surface area contributed by atoms with Crippen LogP contribution in [0.2, 0.25) is 5.02 Å². The van der Waals surface area contributed by atoms with E-state index in [1.165, 1.54) is 37.2 Å². The third kappa shape index (κ3) is 4.40. The second kappa shape index (κ2) is 7.86. The van der Waals surface area contributed by atoms with Crippen molar-refractivity contribution in [3.63, 3.8) is 0 Å². The first-order valence-corrected chi connectivity index (χ1v) is 9.08. The van der Waals surface area contributed by atoms with E-state index in [9.17, 15) is 0 Å². The quantitative estimate of drug-likeness (QED) is 0.752. The van der Waals surface area contributed by atoms with E-state index in [1.54, 1.807) is 0 Å². The van der Waals surface area contributed by atoms with Crippen molar-refractivity contribution in [3.8, 4) is 0 Å². The zero-order valence-electron chi connectivity index (χ0n) is 13.8. The molecule has 1 atom stereocenters. The summed E-state index contributed by atoms with van der Waals surface area (Å²) in [6, 6.07) is 16.4. The van der Waals surface area contributed by atoms with Gasteiger partial charge in [-0.15, -0.1) is 0 Å². The topological polar surface area (TPSA) is 27.3 Å². The number of anilines is 2. The molecule has 0 spiro atoms. The summed E-state index contributed by atoms with van der Waals surface area (Å²) in [5, 5.41) is 7.76. The van der Waals surface area contributed by atoms with Gasteiger partial charge in [0.15, 0.2) is 5.11 Å². The van der Waals surface area contributed by atoms with Crippen LogP contribution in [-0.2, 0) is 0 Å². The first kappa shape index (κ1) is 17.1. The lowest BCUT2D eigenvalue weighted by Gasteiger charge is -2.20. The first-order valence-electron chi connectivity index (χ1n) is 8.30. The molecule has 2 aromatic carbocycles. The molecule has 1 fully saturated rings. The molecule has 1 saturated heterocycles. The largest absolute Gasteiger partial charge is 0.372 e. The van der Waals surface area contributed by atoms with E-state index < -0.39 is 0 Å². The fourth-order valence-electron chi connectivity index (χ4n) is 2.96. The summed E-state index contributed by atoms with van der Waals surface area (Å²) in [5.74, 6) is 0. The van der Waals surface area contributed by atoms with Crippen molar-refractivity contribution in [1.29, 1.82) is 0 Å². The minimum absolute atomic E-state index is 0.136. The Morgan fingerprint density at radius 3 is 2.50 bits per heavy atom. The molecule has 1 aliphatic heterocycles. The monoisotopic (exact) mass is 359 g/mol. The summed E-state index contributed by atoms with van der Waals surface area (Å²) in [5.41, 5.74) is 3.41. The molecule has 3 rings (SSSR count). The molecule has 24 heavy (non-hydrogen) atoms. The second-order valence-electron chi connectivity index (χ2n) is 6.12. The zero-order chi connectivity index (χ0) is 16.9. The van der Waals surface area contributed by atoms with E-state index in [0.29, 0.717) is 10.1 Å². The van der Waals surface area contributed by atoms with Crippen LogP contribution in [0.15, 0.2) is 48.5 Å². The highest BCUT2D eigenvalue weighted by molar-refractivity contribution is 7.80. The van der Waals surface area contributed by atoms with Gasteiger partial charge < -0.3 is 15.5 Å². The van der Waals surface area contributed by atoms with Gasteiger partial charge in [-0.05, 0) is 67.9 Å². The predicted molar refractivity (Wildman–Crippen MR) is 107 cm³/mol. The Morgan fingerprint density at radius 2 is 1.83 bits per heavy atom. The number of rotatable bonds is 4. The average Bonchev–Trinajstić information content (AvgIpc) is 3.09. The Morgan fingerprint density at radius 1 is 1.12 bits per heavy atom. The molecule has 5 heteroatoms. The van der Waals surface area contributed by atoms with Gasteiger partial charge in [0.1, 0.15) is 0 Å². The molecule has 0 bridgehead atoms. The van der Waals surface area contributed by atoms with Gasteiger partial charge in [0.2, 0.25) is 0 Å². The number of hydrogen-bond donors (Lipinski definition) is 2. The highest BCUT2D eigenvalue weighted by Crippen LogP contribution is 2.23. The van der Waals surface area contributed by atoms with E-state index in [0.717, 1.165) is 5.69 Å². The van der Waals surface area contributed by atoms with Gasteiger partial charge in [-0.2, -0.15) is 0 Å². The number of benzene rings is 2. The van der Waals surface area contributed by atoms with Crippen molar-refractivity contribution in [1.82, 2.24) is 5.32 Å². The second-order valence-corrected chi connectivity index (χ2v) is 6.96. The smallest absolute Gasteiger partial charge is 0.171 e. The van der Waals surface area contributed by atoms with Gasteiger partial charge in [-0.25, -0.2) is 0 Å². The van der Waals surface area contributed by atoms with Gasteiger partial charge >= 0.3 is 0 Å². The molecule has 1 heterocycles. The van der Waals surface area contributed by atoms with Crippen LogP contribution in [-0.4, -0.2) is 18.2 Å². The molecule has 2 N–H and O–H groups in total. The Hall–Kier alpha value is -1.78. The fraction of sp³-hybridized carbons (Fsp3) is 0.316. The lowest BCUT2D eigenvalue weighted by Crippen LogP contribution is -2.30. The van der Waals surface area contributed by atoms with Gasteiger partial charge in [-0.1, -0.05) is 29.8 Å². The van der Waals surface area contributed by atoms with Crippen LogP contribution in [0.1, 0.15) is 31.4 Å². The Kier molecular flexibility index (Phi) is 5.59. The van der Waals surface area contributed by atoms with Crippen LogP contribution < -0.4 is 15.5 Å². The Bertz CT molecular complexity index is 696. The number of thiocarbonyl (C=S) groups is 1. The number of hydrogen-bond acceptors (Lipinski definition) is 2. The van der Waals surface area contributed by atoms with Crippen molar-refractivity contribution in [3.05, 3.63) is 59.1 Å². The molecule has 126 valence electrons. The van der Waals surface area contributed by atoms with Gasteiger partial charge in [0.05, 0.1) is 6.04 Å². The zero-order valence-corrected chi connectivity index (χ0v) is 15.3. The summed E-state index contributed by atoms with van der Waals surface area (Å²) in [6.45, 7) is 4.44. The van der Waals surface area contributed by atoms with Gasteiger partial charge in [0, 0.05) is 29.5 Å². The molecule has 1 aliphatic rings. The maximum atomic E-state index is 5.99. The van der Waals surface area contributed by atoms with Crippen molar-refractivity contribution in [2.75, 3.05) is 23.3 Å². The van der Waals surface area contributed by atoms with E-state index in [2.05, 4.69) is 46.7 Å².